The summed E-state index contributed by atoms with van der Waals surface area (Å²) in [6.07, 6.45) is 0.541. The van der Waals surface area contributed by atoms with Crippen LogP contribution in [0.25, 0.3) is 28.0 Å². The number of rotatable bonds is 4. The van der Waals surface area contributed by atoms with Crippen molar-refractivity contribution in [3.05, 3.63) is 110 Å². The van der Waals surface area contributed by atoms with Crippen molar-refractivity contribution in [3.63, 3.8) is 0 Å². The Balaban J connectivity index is 1.68. The van der Waals surface area contributed by atoms with Crippen molar-refractivity contribution in [2.24, 2.45) is 0 Å². The van der Waals surface area contributed by atoms with Gasteiger partial charge in [-0.1, -0.05) is 66.2 Å². The Kier molecular flexibility index (Phi) is 5.26. The van der Waals surface area contributed by atoms with Gasteiger partial charge in [-0.3, -0.25) is 14.9 Å². The van der Waals surface area contributed by atoms with Gasteiger partial charge in [0.25, 0.3) is 11.6 Å². The number of nitro groups is 1. The molecule has 0 bridgehead atoms. The fourth-order valence-corrected chi connectivity index (χ4v) is 4.82. The van der Waals surface area contributed by atoms with Crippen molar-refractivity contribution in [1.29, 1.82) is 0 Å². The average Bonchev–Trinajstić information content (AvgIpc) is 3.19. The van der Waals surface area contributed by atoms with E-state index in [4.69, 9.17) is 5.10 Å². The number of nitro benzene ring substituents is 1. The highest BCUT2D eigenvalue weighted by Crippen LogP contribution is 2.40. The van der Waals surface area contributed by atoms with Gasteiger partial charge >= 0.3 is 0 Å². The molecule has 0 spiro atoms. The Morgan fingerprint density at radius 3 is 2.18 bits per heavy atom. The molecule has 0 saturated heterocycles. The molecule has 1 aromatic heterocycles. The van der Waals surface area contributed by atoms with Crippen LogP contribution in [0, 0.1) is 10.1 Å². The zero-order valence-electron chi connectivity index (χ0n) is 17.7. The highest BCUT2D eigenvalue weighted by molar-refractivity contribution is 9.10. The Morgan fingerprint density at radius 2 is 1.58 bits per heavy atom. The number of carbonyl (C=O) groups is 1. The van der Waals surface area contributed by atoms with Crippen LogP contribution in [0.4, 0.5) is 5.69 Å². The van der Waals surface area contributed by atoms with Crippen LogP contribution in [0.5, 0.6) is 0 Å². The second-order valence-corrected chi connectivity index (χ2v) is 8.73. The Morgan fingerprint density at radius 1 is 0.939 bits per heavy atom. The van der Waals surface area contributed by atoms with Crippen molar-refractivity contribution in [1.82, 2.24) is 9.78 Å². The van der Waals surface area contributed by atoms with E-state index in [1.54, 1.807) is 12.1 Å². The molecular weight excluding hydrogens is 482 g/mol. The number of aromatic nitrogens is 2. The lowest BCUT2D eigenvalue weighted by Crippen LogP contribution is -2.23. The van der Waals surface area contributed by atoms with Crippen molar-refractivity contribution in [2.45, 2.75) is 13.3 Å². The summed E-state index contributed by atoms with van der Waals surface area (Å²) in [5, 5.41) is 16.0. The van der Waals surface area contributed by atoms with Gasteiger partial charge in [0.15, 0.2) is 0 Å². The summed E-state index contributed by atoms with van der Waals surface area (Å²) >= 11 is 3.26. The summed E-state index contributed by atoms with van der Waals surface area (Å²) < 4.78 is 1.82. The fraction of sp³-hybridized carbons (Fsp3) is 0.0769. The number of hydrogen-bond donors (Lipinski definition) is 0. The quantitative estimate of drug-likeness (QED) is 0.235. The minimum absolute atomic E-state index is 0.0437. The van der Waals surface area contributed by atoms with Crippen LogP contribution >= 0.6 is 15.9 Å². The maximum absolute atomic E-state index is 13.7. The third-order valence-electron chi connectivity index (χ3n) is 5.79. The molecule has 162 valence electrons. The smallest absolute Gasteiger partial charge is 0.267 e. The van der Waals surface area contributed by atoms with Crippen LogP contribution in [0.1, 0.15) is 23.0 Å². The molecular formula is C26H18BrN3O3. The lowest BCUT2D eigenvalue weighted by Gasteiger charge is -2.20. The molecule has 5 rings (SSSR count). The molecule has 0 N–H and O–H groups in total. The molecule has 7 heteroatoms. The van der Waals surface area contributed by atoms with E-state index in [1.165, 1.54) is 10.7 Å². The molecule has 33 heavy (non-hydrogen) atoms. The molecule has 0 atom stereocenters. The van der Waals surface area contributed by atoms with Crippen LogP contribution in [0.3, 0.4) is 0 Å². The van der Waals surface area contributed by atoms with Gasteiger partial charge in [-0.15, -0.1) is 0 Å². The SMILES string of the molecule is CC1=C(c2ccc([N+](=O)[O-])c(Br)c2)C(=O)n2nc(-c3ccccc3)c(-c3ccccc3)c2C1. The minimum Gasteiger partial charge on any atom is -0.267 e. The Bertz CT molecular complexity index is 1440. The van der Waals surface area contributed by atoms with E-state index in [-0.39, 0.29) is 11.6 Å². The Labute approximate surface area is 198 Å². The first kappa shape index (κ1) is 21.0. The van der Waals surface area contributed by atoms with E-state index < -0.39 is 4.92 Å². The third kappa shape index (κ3) is 3.60. The van der Waals surface area contributed by atoms with E-state index in [2.05, 4.69) is 15.9 Å². The predicted octanol–water partition coefficient (Wildman–Crippen LogP) is 6.56. The summed E-state index contributed by atoms with van der Waals surface area (Å²) in [4.78, 5) is 24.4. The molecule has 4 aromatic rings. The monoisotopic (exact) mass is 499 g/mol. The lowest BCUT2D eigenvalue weighted by atomic mass is 9.90. The van der Waals surface area contributed by atoms with Gasteiger partial charge in [-0.05, 0) is 46.1 Å². The van der Waals surface area contributed by atoms with Gasteiger partial charge in [0.2, 0.25) is 0 Å². The molecule has 0 saturated carbocycles. The van der Waals surface area contributed by atoms with E-state index in [9.17, 15) is 14.9 Å². The summed E-state index contributed by atoms with van der Waals surface area (Å²) in [6.45, 7) is 1.93. The van der Waals surface area contributed by atoms with Gasteiger partial charge in [-0.2, -0.15) is 9.78 Å². The van der Waals surface area contributed by atoms with Crippen LogP contribution in [0.15, 0.2) is 88.9 Å². The molecule has 1 aliphatic rings. The summed E-state index contributed by atoms with van der Waals surface area (Å²) in [5.41, 5.74) is 6.46. The molecule has 2 heterocycles. The largest absolute Gasteiger partial charge is 0.283 e. The Hall–Kier alpha value is -3.84. The van der Waals surface area contributed by atoms with Crippen LogP contribution in [-0.2, 0) is 6.42 Å². The van der Waals surface area contributed by atoms with Gasteiger partial charge in [0.1, 0.15) is 5.69 Å². The number of hydrogen-bond acceptors (Lipinski definition) is 4. The van der Waals surface area contributed by atoms with E-state index >= 15 is 0 Å². The van der Waals surface area contributed by atoms with Crippen molar-refractivity contribution < 1.29 is 9.72 Å². The van der Waals surface area contributed by atoms with E-state index in [0.717, 1.165) is 33.7 Å². The number of nitrogens with zero attached hydrogens (tertiary/aromatic N) is 3. The maximum Gasteiger partial charge on any atom is 0.283 e. The predicted molar refractivity (Wildman–Crippen MR) is 131 cm³/mol. The number of carbonyl (C=O) groups excluding carboxylic acids is 1. The van der Waals surface area contributed by atoms with Gasteiger partial charge in [0, 0.05) is 29.2 Å². The lowest BCUT2D eigenvalue weighted by molar-refractivity contribution is -0.385. The molecule has 0 fully saturated rings. The first-order valence-electron chi connectivity index (χ1n) is 10.4. The molecule has 3 aromatic carbocycles. The number of fused-ring (bicyclic) bond motifs is 1. The zero-order chi connectivity index (χ0) is 23.1. The zero-order valence-corrected chi connectivity index (χ0v) is 19.2. The minimum atomic E-state index is -0.457. The normalized spacial score (nSPS) is 13.2. The second kappa shape index (κ2) is 8.26. The summed E-state index contributed by atoms with van der Waals surface area (Å²) in [6, 6.07) is 24.4. The molecule has 6 nitrogen and oxygen atoms in total. The number of benzene rings is 3. The average molecular weight is 500 g/mol. The van der Waals surface area contributed by atoms with E-state index in [1.807, 2.05) is 67.6 Å². The van der Waals surface area contributed by atoms with Gasteiger partial charge < -0.3 is 0 Å². The maximum atomic E-state index is 13.7. The molecule has 0 unspecified atom stereocenters. The van der Waals surface area contributed by atoms with Crippen molar-refractivity contribution >= 4 is 33.1 Å². The van der Waals surface area contributed by atoms with Gasteiger partial charge in [-0.25, -0.2) is 0 Å². The van der Waals surface area contributed by atoms with Crippen molar-refractivity contribution in [3.8, 4) is 22.4 Å². The fourth-order valence-electron chi connectivity index (χ4n) is 4.30. The highest BCUT2D eigenvalue weighted by Gasteiger charge is 2.31. The van der Waals surface area contributed by atoms with E-state index in [0.29, 0.717) is 22.0 Å². The summed E-state index contributed by atoms with van der Waals surface area (Å²) in [7, 11) is 0. The standard InChI is InChI=1S/C26H18BrN3O3/c1-16-14-22-24(17-8-4-2-5-9-17)25(18-10-6-3-7-11-18)28-29(22)26(31)23(16)19-12-13-21(30(32)33)20(27)15-19/h2-13,15H,14H2,1H3. The van der Waals surface area contributed by atoms with Gasteiger partial charge in [0.05, 0.1) is 15.1 Å². The van der Waals surface area contributed by atoms with Crippen LogP contribution in [-0.4, -0.2) is 20.6 Å². The molecule has 0 amide bonds. The second-order valence-electron chi connectivity index (χ2n) is 7.87. The first-order valence-corrected chi connectivity index (χ1v) is 11.2. The number of halogens is 1. The third-order valence-corrected chi connectivity index (χ3v) is 6.42. The molecule has 1 aliphatic heterocycles. The molecule has 0 aliphatic carbocycles. The van der Waals surface area contributed by atoms with Crippen LogP contribution in [0.2, 0.25) is 0 Å². The topological polar surface area (TPSA) is 78.0 Å². The number of allylic oxidation sites excluding steroid dienone is 2. The van der Waals surface area contributed by atoms with Crippen LogP contribution < -0.4 is 0 Å². The molecule has 0 radical (unpaired) electrons. The first-order chi connectivity index (χ1) is 16.0. The highest BCUT2D eigenvalue weighted by atomic mass is 79.9. The van der Waals surface area contributed by atoms with Crippen molar-refractivity contribution in [2.75, 3.05) is 0 Å². The summed E-state index contributed by atoms with van der Waals surface area (Å²) in [5.74, 6) is -0.242.